The van der Waals surface area contributed by atoms with Crippen LogP contribution in [0, 0.1) is 0 Å². The number of methoxy groups -OCH3 is 3. The molecular formula is C35H40O17. The summed E-state index contributed by atoms with van der Waals surface area (Å²) in [5, 5.41) is 63.0. The second kappa shape index (κ2) is 16.7. The first-order valence-corrected chi connectivity index (χ1v) is 15.9. The Morgan fingerprint density at radius 1 is 0.750 bits per heavy atom. The van der Waals surface area contributed by atoms with Crippen molar-refractivity contribution < 1.29 is 82.9 Å². The van der Waals surface area contributed by atoms with E-state index in [4.69, 9.17) is 42.6 Å². The zero-order valence-electron chi connectivity index (χ0n) is 28.3. The van der Waals surface area contributed by atoms with Crippen molar-refractivity contribution in [2.75, 3.05) is 41.2 Å². The van der Waals surface area contributed by atoms with Crippen LogP contribution in [0.25, 0.3) is 0 Å². The Kier molecular flexibility index (Phi) is 12.4. The van der Waals surface area contributed by atoms with Gasteiger partial charge in [-0.15, -0.1) is 0 Å². The summed E-state index contributed by atoms with van der Waals surface area (Å²) >= 11 is 0. The van der Waals surface area contributed by atoms with Gasteiger partial charge in [0.25, 0.3) is 0 Å². The van der Waals surface area contributed by atoms with Gasteiger partial charge in [-0.25, -0.2) is 9.59 Å². The second-order valence-electron chi connectivity index (χ2n) is 11.9. The van der Waals surface area contributed by atoms with Crippen LogP contribution in [0.5, 0.6) is 28.7 Å². The van der Waals surface area contributed by atoms with Crippen molar-refractivity contribution in [1.29, 1.82) is 0 Å². The lowest BCUT2D eigenvalue weighted by Crippen LogP contribution is -2.60. The van der Waals surface area contributed by atoms with E-state index in [1.807, 2.05) is 0 Å². The van der Waals surface area contributed by atoms with E-state index >= 15 is 0 Å². The second-order valence-corrected chi connectivity index (χ2v) is 11.9. The molecule has 2 saturated heterocycles. The van der Waals surface area contributed by atoms with E-state index in [0.717, 1.165) is 0 Å². The predicted octanol–water partition coefficient (Wildman–Crippen LogP) is 0.283. The van der Waals surface area contributed by atoms with E-state index in [1.54, 1.807) is 6.07 Å². The van der Waals surface area contributed by atoms with E-state index in [2.05, 4.69) is 0 Å². The normalized spacial score (nSPS) is 27.0. The van der Waals surface area contributed by atoms with Gasteiger partial charge in [-0.3, -0.25) is 0 Å². The number of aliphatic hydroxyl groups is 5. The predicted molar refractivity (Wildman–Crippen MR) is 174 cm³/mol. The highest BCUT2D eigenvalue weighted by Gasteiger charge is 2.51. The van der Waals surface area contributed by atoms with Crippen LogP contribution < -0.4 is 18.9 Å². The summed E-state index contributed by atoms with van der Waals surface area (Å²) in [5.74, 6) is -0.516. The zero-order valence-corrected chi connectivity index (χ0v) is 28.3. The molecule has 2 aliphatic heterocycles. The van der Waals surface area contributed by atoms with Gasteiger partial charge < -0.3 is 73.3 Å². The molecule has 52 heavy (non-hydrogen) atoms. The maximum Gasteiger partial charge on any atom is 0.338 e. The summed E-state index contributed by atoms with van der Waals surface area (Å²) in [4.78, 5) is 25.0. The van der Waals surface area contributed by atoms with Crippen LogP contribution in [-0.4, -0.2) is 132 Å². The molecule has 6 N–H and O–H groups in total. The molecule has 0 radical (unpaired) electrons. The number of esters is 2. The number of aromatic hydroxyl groups is 1. The Morgan fingerprint density at radius 3 is 2.08 bits per heavy atom. The minimum absolute atomic E-state index is 0.00464. The van der Waals surface area contributed by atoms with Crippen molar-refractivity contribution in [3.63, 3.8) is 0 Å². The fourth-order valence-corrected chi connectivity index (χ4v) is 5.35. The minimum Gasteiger partial charge on any atom is -0.508 e. The standard InChI is InChI=1S/C35H40O17/c1-44-22-11-7-20(13-25(22)46-3)32(42)49-16-35(43)17-50-34(30(35)40)48-15-26-27(37)28(38)29(39)33(52-26)51-23-10-4-18(12-24(23)45-2)14-47-31(41)19-5-8-21(36)9-6-19/h4-13,26-30,33-34,36-40,43H,14-17H2,1-3H3/t26-,27-,28+,29-,30+,33-,34-,35-/m1/s1. The molecule has 0 bridgehead atoms. The van der Waals surface area contributed by atoms with Gasteiger partial charge in [0.05, 0.1) is 45.7 Å². The number of hydrogen-bond acceptors (Lipinski definition) is 17. The van der Waals surface area contributed by atoms with Crippen molar-refractivity contribution in [1.82, 2.24) is 0 Å². The van der Waals surface area contributed by atoms with Gasteiger partial charge in [0.1, 0.15) is 49.5 Å². The highest BCUT2D eigenvalue weighted by molar-refractivity contribution is 5.90. The lowest BCUT2D eigenvalue weighted by atomic mass is 9.99. The average Bonchev–Trinajstić information content (AvgIpc) is 3.44. The maximum absolute atomic E-state index is 12.6. The molecule has 3 aromatic rings. The van der Waals surface area contributed by atoms with Gasteiger partial charge in [0.15, 0.2) is 34.9 Å². The summed E-state index contributed by atoms with van der Waals surface area (Å²) in [6.45, 7) is -1.78. The molecule has 17 nitrogen and oxygen atoms in total. The quantitative estimate of drug-likeness (QED) is 0.122. The summed E-state index contributed by atoms with van der Waals surface area (Å²) in [5.41, 5.74) is -1.19. The molecule has 2 aliphatic rings. The summed E-state index contributed by atoms with van der Waals surface area (Å²) in [6.07, 6.45) is -11.2. The van der Waals surface area contributed by atoms with Gasteiger partial charge >= 0.3 is 11.9 Å². The Balaban J connectivity index is 1.15. The number of carbonyl (C=O) groups is 2. The minimum atomic E-state index is -2.06. The van der Waals surface area contributed by atoms with Gasteiger partial charge in [0.2, 0.25) is 6.29 Å². The number of phenolic OH excluding ortho intramolecular Hbond substituents is 1. The van der Waals surface area contributed by atoms with Crippen LogP contribution in [0.2, 0.25) is 0 Å². The molecule has 2 fully saturated rings. The van der Waals surface area contributed by atoms with Crippen LogP contribution in [0.4, 0.5) is 0 Å². The monoisotopic (exact) mass is 732 g/mol. The van der Waals surface area contributed by atoms with E-state index in [0.29, 0.717) is 11.3 Å². The number of carbonyl (C=O) groups excluding carboxylic acids is 2. The van der Waals surface area contributed by atoms with Crippen LogP contribution >= 0.6 is 0 Å². The molecular weight excluding hydrogens is 692 g/mol. The molecule has 282 valence electrons. The number of phenols is 1. The van der Waals surface area contributed by atoms with Crippen LogP contribution in [0.15, 0.2) is 60.7 Å². The number of benzene rings is 3. The molecule has 8 atom stereocenters. The van der Waals surface area contributed by atoms with E-state index in [9.17, 15) is 40.2 Å². The van der Waals surface area contributed by atoms with Crippen molar-refractivity contribution in [2.24, 2.45) is 0 Å². The smallest absolute Gasteiger partial charge is 0.338 e. The summed E-state index contributed by atoms with van der Waals surface area (Å²) in [6, 6.07) is 14.4. The van der Waals surface area contributed by atoms with Gasteiger partial charge in [-0.05, 0) is 60.2 Å². The average molecular weight is 733 g/mol. The Morgan fingerprint density at radius 2 is 1.38 bits per heavy atom. The zero-order chi connectivity index (χ0) is 37.6. The van der Waals surface area contributed by atoms with Gasteiger partial charge in [-0.1, -0.05) is 6.07 Å². The topological polar surface area (TPSA) is 239 Å². The molecule has 0 aliphatic carbocycles. The Bertz CT molecular complexity index is 1680. The largest absolute Gasteiger partial charge is 0.508 e. The van der Waals surface area contributed by atoms with Gasteiger partial charge in [0, 0.05) is 0 Å². The van der Waals surface area contributed by atoms with Crippen LogP contribution in [-0.2, 0) is 30.3 Å². The number of rotatable bonds is 14. The van der Waals surface area contributed by atoms with Crippen molar-refractivity contribution in [2.45, 2.75) is 55.3 Å². The molecule has 0 aromatic heterocycles. The third kappa shape index (κ3) is 8.66. The highest BCUT2D eigenvalue weighted by Crippen LogP contribution is 2.34. The van der Waals surface area contributed by atoms with Crippen molar-refractivity contribution in [3.05, 3.63) is 77.4 Å². The number of hydrogen-bond donors (Lipinski definition) is 6. The first-order chi connectivity index (χ1) is 24.9. The number of ether oxygens (including phenoxy) is 9. The van der Waals surface area contributed by atoms with Crippen molar-refractivity contribution in [3.8, 4) is 28.7 Å². The van der Waals surface area contributed by atoms with Crippen LogP contribution in [0.1, 0.15) is 26.3 Å². The molecule has 17 heteroatoms. The first-order valence-electron chi connectivity index (χ1n) is 15.9. The lowest BCUT2D eigenvalue weighted by molar-refractivity contribution is -0.289. The Hall–Kier alpha value is -4.72. The SMILES string of the molecule is COc1ccc(C(=O)OC[C@@]2(O)CO[C@@H](OC[C@H]3O[C@@H](Oc4ccc(COC(=O)c5ccc(O)cc5)cc4OC)[C@H](O)[C@@H](O)[C@@H]3O)[C@@H]2O)cc1OC. The molecule has 0 amide bonds. The fourth-order valence-electron chi connectivity index (χ4n) is 5.35. The molecule has 3 aromatic carbocycles. The molecule has 5 rings (SSSR count). The van der Waals surface area contributed by atoms with Crippen LogP contribution in [0.3, 0.4) is 0 Å². The van der Waals surface area contributed by atoms with E-state index < -0.39 is 80.5 Å². The highest BCUT2D eigenvalue weighted by atomic mass is 16.7. The first kappa shape index (κ1) is 38.5. The number of aliphatic hydroxyl groups excluding tert-OH is 4. The third-order valence-electron chi connectivity index (χ3n) is 8.42. The lowest BCUT2D eigenvalue weighted by Gasteiger charge is -2.40. The molecule has 0 saturated carbocycles. The fraction of sp³-hybridized carbons (Fsp3) is 0.429. The van der Waals surface area contributed by atoms with E-state index in [-0.39, 0.29) is 40.7 Å². The third-order valence-corrected chi connectivity index (χ3v) is 8.42. The molecule has 0 unspecified atom stereocenters. The molecule has 2 heterocycles. The maximum atomic E-state index is 12.6. The Labute approximate surface area is 297 Å². The van der Waals surface area contributed by atoms with E-state index in [1.165, 1.54) is 75.9 Å². The van der Waals surface area contributed by atoms with Crippen molar-refractivity contribution >= 4 is 11.9 Å². The summed E-state index contributed by atoms with van der Waals surface area (Å²) in [7, 11) is 4.19. The molecule has 0 spiro atoms. The summed E-state index contributed by atoms with van der Waals surface area (Å²) < 4.78 is 48.8. The van der Waals surface area contributed by atoms with Gasteiger partial charge in [-0.2, -0.15) is 0 Å².